The number of hydrogen-bond donors (Lipinski definition) is 2. The SMILES string of the molecule is CC(=O)NCC1=CNCS1. The fourth-order valence-corrected chi connectivity index (χ4v) is 1.34. The zero-order valence-corrected chi connectivity index (χ0v) is 6.62. The molecule has 1 aliphatic rings. The molecule has 2 N–H and O–H groups in total. The lowest BCUT2D eigenvalue weighted by atomic mass is 10.5. The molecule has 10 heavy (non-hydrogen) atoms. The van der Waals surface area contributed by atoms with E-state index in [1.165, 1.54) is 11.8 Å². The molecular formula is C6H10N2OS. The number of amides is 1. The fourth-order valence-electron chi connectivity index (χ4n) is 0.645. The van der Waals surface area contributed by atoms with E-state index in [0.717, 1.165) is 5.88 Å². The summed E-state index contributed by atoms with van der Waals surface area (Å²) >= 11 is 1.72. The highest BCUT2D eigenvalue weighted by atomic mass is 32.2. The van der Waals surface area contributed by atoms with E-state index in [0.29, 0.717) is 6.54 Å². The smallest absolute Gasteiger partial charge is 0.217 e. The van der Waals surface area contributed by atoms with Crippen LogP contribution in [-0.4, -0.2) is 18.3 Å². The Kier molecular flexibility index (Phi) is 2.62. The Hall–Kier alpha value is -0.640. The summed E-state index contributed by atoms with van der Waals surface area (Å²) in [5.74, 6) is 0.947. The van der Waals surface area contributed by atoms with Gasteiger partial charge >= 0.3 is 0 Å². The summed E-state index contributed by atoms with van der Waals surface area (Å²) in [6.07, 6.45) is 1.93. The summed E-state index contributed by atoms with van der Waals surface area (Å²) in [4.78, 5) is 11.6. The van der Waals surface area contributed by atoms with Gasteiger partial charge in [0.1, 0.15) is 0 Å². The summed E-state index contributed by atoms with van der Waals surface area (Å²) in [6, 6.07) is 0. The molecule has 0 saturated heterocycles. The van der Waals surface area contributed by atoms with Gasteiger partial charge in [-0.15, -0.1) is 11.8 Å². The zero-order valence-electron chi connectivity index (χ0n) is 5.81. The van der Waals surface area contributed by atoms with Crippen LogP contribution < -0.4 is 10.6 Å². The minimum atomic E-state index is 0.0217. The molecule has 0 atom stereocenters. The fraction of sp³-hybridized carbons (Fsp3) is 0.500. The molecule has 0 radical (unpaired) electrons. The maximum Gasteiger partial charge on any atom is 0.217 e. The van der Waals surface area contributed by atoms with Gasteiger partial charge in [0.05, 0.1) is 12.4 Å². The maximum atomic E-state index is 10.4. The predicted molar refractivity (Wildman–Crippen MR) is 42.4 cm³/mol. The molecule has 0 aromatic heterocycles. The molecule has 0 fully saturated rings. The first-order chi connectivity index (χ1) is 4.79. The molecule has 0 bridgehead atoms. The van der Waals surface area contributed by atoms with E-state index in [1.807, 2.05) is 6.20 Å². The van der Waals surface area contributed by atoms with Crippen molar-refractivity contribution in [3.05, 3.63) is 11.1 Å². The van der Waals surface area contributed by atoms with Gasteiger partial charge < -0.3 is 10.6 Å². The van der Waals surface area contributed by atoms with Crippen molar-refractivity contribution < 1.29 is 4.79 Å². The summed E-state index contributed by atoms with van der Waals surface area (Å²) in [6.45, 7) is 2.18. The van der Waals surface area contributed by atoms with Crippen molar-refractivity contribution in [1.29, 1.82) is 0 Å². The van der Waals surface area contributed by atoms with Crippen molar-refractivity contribution >= 4 is 17.7 Å². The first-order valence-electron chi connectivity index (χ1n) is 3.08. The van der Waals surface area contributed by atoms with E-state index in [9.17, 15) is 4.79 Å². The number of carbonyl (C=O) groups is 1. The lowest BCUT2D eigenvalue weighted by Crippen LogP contribution is -2.21. The Balaban J connectivity index is 2.19. The van der Waals surface area contributed by atoms with Crippen LogP contribution in [0.4, 0.5) is 0 Å². The van der Waals surface area contributed by atoms with Gasteiger partial charge in [0, 0.05) is 18.0 Å². The second-order valence-corrected chi connectivity index (χ2v) is 3.11. The van der Waals surface area contributed by atoms with Crippen molar-refractivity contribution in [3.8, 4) is 0 Å². The van der Waals surface area contributed by atoms with E-state index in [2.05, 4.69) is 10.6 Å². The Bertz CT molecular complexity index is 167. The minimum Gasteiger partial charge on any atom is -0.381 e. The molecule has 0 saturated carbocycles. The molecule has 0 aliphatic carbocycles. The van der Waals surface area contributed by atoms with Crippen LogP contribution >= 0.6 is 11.8 Å². The van der Waals surface area contributed by atoms with Crippen LogP contribution in [0.25, 0.3) is 0 Å². The van der Waals surface area contributed by atoms with Gasteiger partial charge in [-0.1, -0.05) is 0 Å². The monoisotopic (exact) mass is 158 g/mol. The standard InChI is InChI=1S/C6H10N2OS/c1-5(9)8-3-6-2-7-4-10-6/h2,7H,3-4H2,1H3,(H,8,9). The third kappa shape index (κ3) is 2.31. The van der Waals surface area contributed by atoms with Gasteiger partial charge in [-0.2, -0.15) is 0 Å². The van der Waals surface area contributed by atoms with Crippen molar-refractivity contribution in [3.63, 3.8) is 0 Å². The van der Waals surface area contributed by atoms with Gasteiger partial charge in [-0.25, -0.2) is 0 Å². The van der Waals surface area contributed by atoms with Crippen molar-refractivity contribution in [2.75, 3.05) is 12.4 Å². The number of nitrogens with one attached hydrogen (secondary N) is 2. The summed E-state index contributed by atoms with van der Waals surface area (Å²) in [5, 5.41) is 5.77. The summed E-state index contributed by atoms with van der Waals surface area (Å²) < 4.78 is 0. The summed E-state index contributed by atoms with van der Waals surface area (Å²) in [5.41, 5.74) is 0. The molecule has 1 heterocycles. The van der Waals surface area contributed by atoms with Crippen LogP contribution in [0.15, 0.2) is 11.1 Å². The molecule has 1 rings (SSSR count). The van der Waals surface area contributed by atoms with E-state index in [1.54, 1.807) is 11.8 Å². The van der Waals surface area contributed by atoms with E-state index < -0.39 is 0 Å². The highest BCUT2D eigenvalue weighted by Crippen LogP contribution is 2.16. The number of hydrogen-bond acceptors (Lipinski definition) is 3. The Morgan fingerprint density at radius 3 is 3.30 bits per heavy atom. The molecule has 0 aromatic carbocycles. The van der Waals surface area contributed by atoms with Crippen LogP contribution in [0.1, 0.15) is 6.92 Å². The Labute approximate surface area is 64.3 Å². The lowest BCUT2D eigenvalue weighted by Gasteiger charge is -1.99. The highest BCUT2D eigenvalue weighted by Gasteiger charge is 2.03. The average Bonchev–Trinajstić information content (AvgIpc) is 2.34. The van der Waals surface area contributed by atoms with E-state index >= 15 is 0 Å². The Morgan fingerprint density at radius 2 is 2.80 bits per heavy atom. The molecule has 1 aliphatic heterocycles. The third-order valence-electron chi connectivity index (χ3n) is 1.12. The van der Waals surface area contributed by atoms with Crippen molar-refractivity contribution in [1.82, 2.24) is 10.6 Å². The molecule has 0 aromatic rings. The van der Waals surface area contributed by atoms with Gasteiger partial charge in [-0.3, -0.25) is 4.79 Å². The molecule has 56 valence electrons. The van der Waals surface area contributed by atoms with Gasteiger partial charge in [-0.05, 0) is 0 Å². The largest absolute Gasteiger partial charge is 0.381 e. The second-order valence-electron chi connectivity index (χ2n) is 2.01. The van der Waals surface area contributed by atoms with E-state index in [4.69, 9.17) is 0 Å². The molecule has 4 heteroatoms. The summed E-state index contributed by atoms with van der Waals surface area (Å²) in [7, 11) is 0. The van der Waals surface area contributed by atoms with Crippen LogP contribution in [0, 0.1) is 0 Å². The van der Waals surface area contributed by atoms with Crippen molar-refractivity contribution in [2.45, 2.75) is 6.92 Å². The topological polar surface area (TPSA) is 41.1 Å². The highest BCUT2D eigenvalue weighted by molar-refractivity contribution is 8.03. The van der Waals surface area contributed by atoms with E-state index in [-0.39, 0.29) is 5.91 Å². The number of thioether (sulfide) groups is 1. The van der Waals surface area contributed by atoms with Gasteiger partial charge in [0.15, 0.2) is 0 Å². The van der Waals surface area contributed by atoms with Crippen LogP contribution in [0.5, 0.6) is 0 Å². The molecule has 1 amide bonds. The average molecular weight is 158 g/mol. The normalized spacial score (nSPS) is 15.9. The quantitative estimate of drug-likeness (QED) is 0.605. The van der Waals surface area contributed by atoms with Crippen molar-refractivity contribution in [2.24, 2.45) is 0 Å². The van der Waals surface area contributed by atoms with Gasteiger partial charge in [0.25, 0.3) is 0 Å². The first-order valence-corrected chi connectivity index (χ1v) is 4.07. The molecule has 3 nitrogen and oxygen atoms in total. The Morgan fingerprint density at radius 1 is 2.00 bits per heavy atom. The third-order valence-corrected chi connectivity index (χ3v) is 2.06. The number of rotatable bonds is 2. The van der Waals surface area contributed by atoms with Gasteiger partial charge in [0.2, 0.25) is 5.91 Å². The predicted octanol–water partition coefficient (Wildman–Crippen LogP) is 0.258. The first kappa shape index (κ1) is 7.47. The maximum absolute atomic E-state index is 10.4. The number of carbonyl (C=O) groups excluding carboxylic acids is 1. The molecule has 0 spiro atoms. The van der Waals surface area contributed by atoms with Crippen LogP contribution in [0.2, 0.25) is 0 Å². The van der Waals surface area contributed by atoms with Crippen LogP contribution in [-0.2, 0) is 4.79 Å². The molecular weight excluding hydrogens is 148 g/mol. The second kappa shape index (κ2) is 3.51. The minimum absolute atomic E-state index is 0.0217. The lowest BCUT2D eigenvalue weighted by molar-refractivity contribution is -0.118. The molecule has 0 unspecified atom stereocenters. The van der Waals surface area contributed by atoms with Crippen LogP contribution in [0.3, 0.4) is 0 Å². The zero-order chi connectivity index (χ0) is 7.40.